The van der Waals surface area contributed by atoms with E-state index in [9.17, 15) is 4.79 Å². The van der Waals surface area contributed by atoms with E-state index >= 15 is 0 Å². The van der Waals surface area contributed by atoms with Crippen molar-refractivity contribution in [3.63, 3.8) is 0 Å². The summed E-state index contributed by atoms with van der Waals surface area (Å²) in [6.07, 6.45) is 0. The van der Waals surface area contributed by atoms with Gasteiger partial charge >= 0.3 is 59.1 Å². The summed E-state index contributed by atoms with van der Waals surface area (Å²) in [6, 6.07) is 9.19. The molecule has 1 amide bonds. The molecule has 18 heavy (non-hydrogen) atoms. The van der Waals surface area contributed by atoms with Crippen molar-refractivity contribution in [3.05, 3.63) is 35.9 Å². The molecule has 1 N–H and O–H groups in total. The summed E-state index contributed by atoms with van der Waals surface area (Å²) >= 11 is 3.24. The van der Waals surface area contributed by atoms with Gasteiger partial charge in [0.25, 0.3) is 5.91 Å². The van der Waals surface area contributed by atoms with E-state index < -0.39 is 9.05 Å². The molecule has 0 atom stereocenters. The van der Waals surface area contributed by atoms with Gasteiger partial charge in [-0.25, -0.2) is 0 Å². The van der Waals surface area contributed by atoms with Crippen molar-refractivity contribution < 1.29 is 77.2 Å². The second-order valence-electron chi connectivity index (χ2n) is 2.63. The maximum absolute atomic E-state index is 11.1. The Bertz CT molecular complexity index is 417. The molecule has 0 aliphatic rings. The van der Waals surface area contributed by atoms with Crippen molar-refractivity contribution in [2.75, 3.05) is 6.54 Å². The number of hydrogen-bond acceptors (Lipinski definition) is 5. The number of hydrogen-bond donors (Lipinski definition) is 1. The maximum atomic E-state index is 11.1. The molecule has 1 rings (SSSR count). The van der Waals surface area contributed by atoms with Gasteiger partial charge in [0.2, 0.25) is 0 Å². The van der Waals surface area contributed by atoms with Gasteiger partial charge in [0.05, 0.1) is 0 Å². The maximum Gasteiger partial charge on any atom is 1.00 e. The predicted octanol–water partition coefficient (Wildman–Crippen LogP) is -5.56. The molecule has 0 saturated heterocycles. The summed E-state index contributed by atoms with van der Waals surface area (Å²) in [6.45, 7) is 2.58. The average molecular weight is 307 g/mol. The standard InChI is InChI=1S/C9H11NO.2Na.H2O3S2/c1-2-10-9(11)8-6-4-3-5-7-8;;;1-5(2,3)4/h3-7H,2H2,1H3,(H,10,11);;;(H2,1,2,3,4)/q;2*+1;/p-2. The van der Waals surface area contributed by atoms with Crippen molar-refractivity contribution >= 4 is 26.1 Å². The fourth-order valence-corrected chi connectivity index (χ4v) is 0.852. The van der Waals surface area contributed by atoms with Gasteiger partial charge < -0.3 is 14.4 Å². The van der Waals surface area contributed by atoms with Gasteiger partial charge in [-0.3, -0.25) is 9.00 Å². The molecule has 0 heterocycles. The molecule has 0 bridgehead atoms. The van der Waals surface area contributed by atoms with Crippen molar-refractivity contribution in [2.24, 2.45) is 0 Å². The second kappa shape index (κ2) is 13.0. The normalized spacial score (nSPS) is 8.83. The van der Waals surface area contributed by atoms with Gasteiger partial charge in [0.15, 0.2) is 0 Å². The Labute approximate surface area is 156 Å². The van der Waals surface area contributed by atoms with Gasteiger partial charge in [-0.15, -0.1) is 9.05 Å². The predicted molar refractivity (Wildman–Crippen MR) is 61.5 cm³/mol. The molecule has 0 saturated carbocycles. The Morgan fingerprint density at radius 3 is 2.00 bits per heavy atom. The first-order valence-corrected chi connectivity index (χ1v) is 6.68. The van der Waals surface area contributed by atoms with E-state index in [1.807, 2.05) is 25.1 Å². The van der Waals surface area contributed by atoms with E-state index in [1.54, 1.807) is 12.1 Å². The third kappa shape index (κ3) is 17.0. The van der Waals surface area contributed by atoms with Crippen LogP contribution >= 0.6 is 0 Å². The Kier molecular flexibility index (Phi) is 17.3. The Morgan fingerprint density at radius 2 is 1.67 bits per heavy atom. The summed E-state index contributed by atoms with van der Waals surface area (Å²) < 4.78 is 26.7. The van der Waals surface area contributed by atoms with Crippen LogP contribution in [0.2, 0.25) is 0 Å². The van der Waals surface area contributed by atoms with Crippen LogP contribution in [0, 0.1) is 0 Å². The molecule has 1 aromatic carbocycles. The zero-order chi connectivity index (χ0) is 12.6. The molecule has 0 spiro atoms. The molecule has 0 aliphatic heterocycles. The van der Waals surface area contributed by atoms with E-state index in [2.05, 4.69) is 16.5 Å². The summed E-state index contributed by atoms with van der Waals surface area (Å²) in [5.41, 5.74) is 0.717. The molecule has 0 aliphatic carbocycles. The van der Waals surface area contributed by atoms with Gasteiger partial charge in [-0.2, -0.15) is 0 Å². The van der Waals surface area contributed by atoms with E-state index in [1.165, 1.54) is 0 Å². The smallest absolute Gasteiger partial charge is 0.780 e. The van der Waals surface area contributed by atoms with Crippen molar-refractivity contribution in [1.82, 2.24) is 5.32 Å². The minimum atomic E-state index is -4.33. The van der Waals surface area contributed by atoms with Crippen LogP contribution in [0.1, 0.15) is 17.3 Å². The number of carbonyl (C=O) groups is 1. The minimum absolute atomic E-state index is 0. The Hall–Kier alpha value is 0.980. The average Bonchev–Trinajstić information content (AvgIpc) is 2.17. The van der Waals surface area contributed by atoms with Gasteiger partial charge in [0.1, 0.15) is 0 Å². The first-order chi connectivity index (χ1) is 7.34. The van der Waals surface area contributed by atoms with Crippen LogP contribution in [0.15, 0.2) is 30.3 Å². The molecular formula is C9H11NNa2O4S2. The zero-order valence-corrected chi connectivity index (χ0v) is 16.2. The molecule has 0 fully saturated rings. The largest absolute Gasteiger partial charge is 1.00 e. The summed E-state index contributed by atoms with van der Waals surface area (Å²) in [5, 5.41) is 2.72. The minimum Gasteiger partial charge on any atom is -0.780 e. The van der Waals surface area contributed by atoms with Crippen molar-refractivity contribution in [2.45, 2.75) is 6.92 Å². The molecule has 0 radical (unpaired) electrons. The van der Waals surface area contributed by atoms with Crippen LogP contribution in [0.4, 0.5) is 0 Å². The monoisotopic (exact) mass is 307 g/mol. The SMILES string of the molecule is CCNC(=O)c1ccccc1.O=S([O-])([O-])=S.[Na+].[Na+]. The summed E-state index contributed by atoms with van der Waals surface area (Å²) in [5.74, 6) is -0.00639. The van der Waals surface area contributed by atoms with Gasteiger partial charge in [0, 0.05) is 12.1 Å². The number of amides is 1. The Balaban J connectivity index is -0.000000282. The summed E-state index contributed by atoms with van der Waals surface area (Å²) in [4.78, 5) is 11.1. The van der Waals surface area contributed by atoms with E-state index in [4.69, 9.17) is 13.3 Å². The number of nitrogens with one attached hydrogen (secondary N) is 1. The van der Waals surface area contributed by atoms with Crippen LogP contribution < -0.4 is 64.4 Å². The molecule has 90 valence electrons. The third-order valence-electron chi connectivity index (χ3n) is 1.37. The first-order valence-electron chi connectivity index (χ1n) is 4.34. The topological polar surface area (TPSA) is 92.3 Å². The van der Waals surface area contributed by atoms with Gasteiger partial charge in [-0.1, -0.05) is 18.2 Å². The fraction of sp³-hybridized carbons (Fsp3) is 0.222. The molecule has 1 aromatic rings. The van der Waals surface area contributed by atoms with Crippen LogP contribution in [0.3, 0.4) is 0 Å². The molecular weight excluding hydrogens is 296 g/mol. The number of carbonyl (C=O) groups excluding carboxylic acids is 1. The molecule has 0 unspecified atom stereocenters. The Morgan fingerprint density at radius 1 is 1.28 bits per heavy atom. The van der Waals surface area contributed by atoms with Crippen molar-refractivity contribution in [3.8, 4) is 0 Å². The molecule has 9 heteroatoms. The quantitative estimate of drug-likeness (QED) is 0.550. The van der Waals surface area contributed by atoms with Crippen molar-refractivity contribution in [1.29, 1.82) is 0 Å². The van der Waals surface area contributed by atoms with Crippen LogP contribution in [-0.4, -0.2) is 25.8 Å². The van der Waals surface area contributed by atoms with Crippen LogP contribution in [0.5, 0.6) is 0 Å². The molecule has 5 nitrogen and oxygen atoms in total. The number of benzene rings is 1. The van der Waals surface area contributed by atoms with Crippen LogP contribution in [0.25, 0.3) is 0 Å². The first kappa shape index (κ1) is 24.0. The van der Waals surface area contributed by atoms with E-state index in [-0.39, 0.29) is 65.0 Å². The fourth-order valence-electron chi connectivity index (χ4n) is 0.852. The van der Waals surface area contributed by atoms with E-state index in [0.29, 0.717) is 12.1 Å². The van der Waals surface area contributed by atoms with Gasteiger partial charge in [-0.05, 0) is 30.2 Å². The summed E-state index contributed by atoms with van der Waals surface area (Å²) in [7, 11) is -4.33. The second-order valence-corrected chi connectivity index (χ2v) is 4.67. The van der Waals surface area contributed by atoms with Crippen LogP contribution in [-0.2, 0) is 20.2 Å². The number of rotatable bonds is 2. The van der Waals surface area contributed by atoms with E-state index in [0.717, 1.165) is 0 Å². The third-order valence-corrected chi connectivity index (χ3v) is 1.37. The molecule has 0 aromatic heterocycles. The zero-order valence-electron chi connectivity index (χ0n) is 10.5.